The maximum Gasteiger partial charge on any atom is 0.0855 e. The fourth-order valence-electron chi connectivity index (χ4n) is 8.61. The van der Waals surface area contributed by atoms with E-state index < -0.39 is 6.17 Å². The molecule has 1 aliphatic rings. The molecule has 1 aliphatic carbocycles. The number of hydrogen-bond acceptors (Lipinski definition) is 3. The molecular weight excluding hydrogens is 619 g/mol. The van der Waals surface area contributed by atoms with E-state index in [9.17, 15) is 0 Å². The second-order valence-electron chi connectivity index (χ2n) is 14.3. The van der Waals surface area contributed by atoms with Gasteiger partial charge in [0.15, 0.2) is 0 Å². The van der Waals surface area contributed by atoms with Crippen molar-refractivity contribution < 1.29 is 0 Å². The van der Waals surface area contributed by atoms with Crippen LogP contribution >= 0.6 is 0 Å². The maximum atomic E-state index is 7.23. The number of nitrogens with one attached hydrogen (secondary N) is 2. The lowest BCUT2D eigenvalue weighted by Crippen LogP contribution is -2.41. The first kappa shape index (κ1) is 31.4. The summed E-state index contributed by atoms with van der Waals surface area (Å²) in [6.45, 7) is 5.36. The third-order valence-electron chi connectivity index (χ3n) is 11.0. The molecule has 51 heavy (non-hydrogen) atoms. The van der Waals surface area contributed by atoms with Crippen LogP contribution in [0, 0.1) is 0 Å². The largest absolute Gasteiger partial charge is 0.312 e. The Hall–Kier alpha value is -5.58. The van der Waals surface area contributed by atoms with Crippen molar-refractivity contribution in [1.82, 2.24) is 10.6 Å². The van der Waals surface area contributed by atoms with E-state index in [4.69, 9.17) is 5.73 Å². The van der Waals surface area contributed by atoms with Crippen LogP contribution in [0.2, 0.25) is 0 Å². The molecule has 0 heterocycles. The molecule has 2 unspecified atom stereocenters. The number of rotatable bonds is 8. The summed E-state index contributed by atoms with van der Waals surface area (Å²) in [5, 5.41) is 15.5. The smallest absolute Gasteiger partial charge is 0.0855 e. The number of hydrogen-bond donors (Lipinski definition) is 3. The standard InChI is InChI=1S/C48H41N3/c1-48(2)44-26-13-12-22-38(44)39-24-14-25-41(45(39)48)47(51-46(49)40-23-11-10-19-34(40)31-15-4-3-5-16-31)50-30-43-36-21-9-7-18-33(36)29-42-35-20-8-6-17-32(35)27-28-37(42)43/h3-29,46-47,50-51H,30,49H2,1-2H3. The Morgan fingerprint density at radius 3 is 2.02 bits per heavy atom. The molecule has 9 rings (SSSR count). The van der Waals surface area contributed by atoms with Crippen molar-refractivity contribution in [3.8, 4) is 22.3 Å². The normalized spacial score (nSPS) is 14.4. The SMILES string of the molecule is CC1(C)c2ccccc2-c2cccc(C(NCc3c4ccccc4cc4c3ccc3ccccc34)NC(N)c3ccccc3-c3ccccc3)c21. The molecule has 2 atom stereocenters. The van der Waals surface area contributed by atoms with Gasteiger partial charge in [0.25, 0.3) is 0 Å². The van der Waals surface area contributed by atoms with Crippen molar-refractivity contribution in [3.05, 3.63) is 192 Å². The molecule has 0 radical (unpaired) electrons. The molecule has 4 N–H and O–H groups in total. The van der Waals surface area contributed by atoms with Crippen molar-refractivity contribution in [2.75, 3.05) is 0 Å². The van der Waals surface area contributed by atoms with Gasteiger partial charge in [-0.2, -0.15) is 0 Å². The van der Waals surface area contributed by atoms with Crippen molar-refractivity contribution >= 4 is 32.3 Å². The molecule has 8 aromatic carbocycles. The maximum absolute atomic E-state index is 7.23. The number of benzene rings is 8. The molecule has 0 amide bonds. The highest BCUT2D eigenvalue weighted by Crippen LogP contribution is 2.51. The van der Waals surface area contributed by atoms with Gasteiger partial charge in [-0.15, -0.1) is 0 Å². The Morgan fingerprint density at radius 1 is 0.529 bits per heavy atom. The Bertz CT molecular complexity index is 2570. The van der Waals surface area contributed by atoms with Crippen LogP contribution in [-0.4, -0.2) is 0 Å². The van der Waals surface area contributed by atoms with E-state index >= 15 is 0 Å². The summed E-state index contributed by atoms with van der Waals surface area (Å²) in [5.74, 6) is 0. The van der Waals surface area contributed by atoms with Crippen molar-refractivity contribution in [2.45, 2.75) is 38.1 Å². The minimum atomic E-state index is -0.435. The van der Waals surface area contributed by atoms with E-state index in [0.717, 1.165) is 16.7 Å². The van der Waals surface area contributed by atoms with Gasteiger partial charge >= 0.3 is 0 Å². The summed E-state index contributed by atoms with van der Waals surface area (Å²) in [4.78, 5) is 0. The molecule has 3 heteroatoms. The highest BCUT2D eigenvalue weighted by Gasteiger charge is 2.38. The average molecular weight is 660 g/mol. The van der Waals surface area contributed by atoms with Gasteiger partial charge in [0.05, 0.1) is 12.3 Å². The molecule has 0 aromatic heterocycles. The molecule has 0 saturated carbocycles. The summed E-state index contributed by atoms with van der Waals surface area (Å²) >= 11 is 0. The van der Waals surface area contributed by atoms with Crippen LogP contribution in [0.5, 0.6) is 0 Å². The molecule has 0 fully saturated rings. The van der Waals surface area contributed by atoms with Crippen LogP contribution in [0.15, 0.2) is 164 Å². The van der Waals surface area contributed by atoms with Gasteiger partial charge in [-0.05, 0) is 88.5 Å². The van der Waals surface area contributed by atoms with Crippen LogP contribution in [0.1, 0.15) is 54.0 Å². The molecule has 8 aromatic rings. The summed E-state index contributed by atoms with van der Waals surface area (Å²) in [7, 11) is 0. The van der Waals surface area contributed by atoms with Gasteiger partial charge in [-0.3, -0.25) is 10.6 Å². The Balaban J connectivity index is 1.18. The molecule has 0 bridgehead atoms. The van der Waals surface area contributed by atoms with E-state index in [1.165, 1.54) is 65.7 Å². The lowest BCUT2D eigenvalue weighted by atomic mass is 9.79. The lowest BCUT2D eigenvalue weighted by molar-refractivity contribution is 0.382. The van der Waals surface area contributed by atoms with Gasteiger partial charge < -0.3 is 5.73 Å². The van der Waals surface area contributed by atoms with Crippen molar-refractivity contribution in [2.24, 2.45) is 5.73 Å². The zero-order valence-electron chi connectivity index (χ0n) is 29.0. The third kappa shape index (κ3) is 5.33. The first-order valence-corrected chi connectivity index (χ1v) is 17.9. The van der Waals surface area contributed by atoms with Crippen LogP contribution < -0.4 is 16.4 Å². The van der Waals surface area contributed by atoms with Gasteiger partial charge in [0.1, 0.15) is 0 Å². The molecule has 0 aliphatic heterocycles. The fourth-order valence-corrected chi connectivity index (χ4v) is 8.61. The first-order valence-electron chi connectivity index (χ1n) is 17.9. The Morgan fingerprint density at radius 2 is 1.18 bits per heavy atom. The topological polar surface area (TPSA) is 50.1 Å². The van der Waals surface area contributed by atoms with E-state index in [2.05, 4.69) is 188 Å². The van der Waals surface area contributed by atoms with Gasteiger partial charge in [-0.25, -0.2) is 0 Å². The Labute approximate surface area is 299 Å². The van der Waals surface area contributed by atoms with Crippen LogP contribution in [-0.2, 0) is 12.0 Å². The van der Waals surface area contributed by atoms with E-state index in [1.807, 2.05) is 0 Å². The number of fused-ring (bicyclic) bond motifs is 7. The highest BCUT2D eigenvalue weighted by atomic mass is 15.2. The summed E-state index contributed by atoms with van der Waals surface area (Å²) < 4.78 is 0. The van der Waals surface area contributed by atoms with Crippen LogP contribution in [0.25, 0.3) is 54.6 Å². The lowest BCUT2D eigenvalue weighted by Gasteiger charge is -2.32. The first-order chi connectivity index (χ1) is 25.0. The van der Waals surface area contributed by atoms with Crippen LogP contribution in [0.4, 0.5) is 0 Å². The monoisotopic (exact) mass is 659 g/mol. The Kier molecular flexibility index (Phi) is 7.78. The van der Waals surface area contributed by atoms with E-state index in [1.54, 1.807) is 0 Å². The molecule has 0 spiro atoms. The highest BCUT2D eigenvalue weighted by molar-refractivity contribution is 6.14. The van der Waals surface area contributed by atoms with E-state index in [0.29, 0.717) is 6.54 Å². The predicted octanol–water partition coefficient (Wildman–Crippen LogP) is 11.2. The minimum absolute atomic E-state index is 0.179. The average Bonchev–Trinajstić information content (AvgIpc) is 3.42. The zero-order chi connectivity index (χ0) is 34.5. The van der Waals surface area contributed by atoms with E-state index in [-0.39, 0.29) is 11.6 Å². The van der Waals surface area contributed by atoms with Crippen molar-refractivity contribution in [1.29, 1.82) is 0 Å². The fraction of sp³-hybridized carbons (Fsp3) is 0.125. The van der Waals surface area contributed by atoms with Gasteiger partial charge in [-0.1, -0.05) is 172 Å². The second-order valence-corrected chi connectivity index (χ2v) is 14.3. The zero-order valence-corrected chi connectivity index (χ0v) is 29.0. The van der Waals surface area contributed by atoms with Gasteiger partial charge in [0, 0.05) is 12.0 Å². The van der Waals surface area contributed by atoms with Gasteiger partial charge in [0.2, 0.25) is 0 Å². The second kappa shape index (κ2) is 12.6. The molecule has 3 nitrogen and oxygen atoms in total. The summed E-state index contributed by atoms with van der Waals surface area (Å²) in [6, 6.07) is 59.0. The number of nitrogens with two attached hydrogens (primary N) is 1. The minimum Gasteiger partial charge on any atom is -0.312 e. The molecule has 0 saturated heterocycles. The predicted molar refractivity (Wildman–Crippen MR) is 214 cm³/mol. The summed E-state index contributed by atoms with van der Waals surface area (Å²) in [5.41, 5.74) is 18.2. The van der Waals surface area contributed by atoms with Crippen molar-refractivity contribution in [3.63, 3.8) is 0 Å². The molecular formula is C48H41N3. The third-order valence-corrected chi connectivity index (χ3v) is 11.0. The van der Waals surface area contributed by atoms with Crippen LogP contribution in [0.3, 0.4) is 0 Å². The quantitative estimate of drug-likeness (QED) is 0.0864. The molecule has 248 valence electrons. The summed E-state index contributed by atoms with van der Waals surface area (Å²) in [6.07, 6.45) is -0.684.